The minimum atomic E-state index is -0.809. The highest BCUT2D eigenvalue weighted by Gasteiger charge is 2.17. The van der Waals surface area contributed by atoms with E-state index in [1.54, 1.807) is 6.92 Å². The zero-order valence-electron chi connectivity index (χ0n) is 10.4. The van der Waals surface area contributed by atoms with Crippen LogP contribution in [0.3, 0.4) is 0 Å². The topological polar surface area (TPSA) is 92.5 Å². The zero-order valence-corrected chi connectivity index (χ0v) is 11.1. The van der Waals surface area contributed by atoms with Crippen LogP contribution in [0.2, 0.25) is 0 Å². The summed E-state index contributed by atoms with van der Waals surface area (Å²) in [5.74, 6) is -0.536. The molecule has 0 aliphatic heterocycles. The molecule has 0 saturated carbocycles. The van der Waals surface area contributed by atoms with Gasteiger partial charge in [0.15, 0.2) is 0 Å². The van der Waals surface area contributed by atoms with Gasteiger partial charge in [-0.1, -0.05) is 6.58 Å². The van der Waals surface area contributed by atoms with E-state index in [0.717, 1.165) is 4.90 Å². The monoisotopic (exact) mass is 275 g/mol. The summed E-state index contributed by atoms with van der Waals surface area (Å²) in [5.41, 5.74) is 5.48. The Labute approximate surface area is 111 Å². The van der Waals surface area contributed by atoms with Gasteiger partial charge in [0.1, 0.15) is 0 Å². The lowest BCUT2D eigenvalue weighted by Gasteiger charge is -2.18. The number of nitrogens with zero attached hydrogens (tertiary/aromatic N) is 1. The fraction of sp³-hybridized carbons (Fsp3) is 0.545. The number of halogens is 1. The molecule has 0 spiro atoms. The van der Waals surface area contributed by atoms with E-state index >= 15 is 0 Å². The number of primary amides is 1. The lowest BCUT2D eigenvalue weighted by molar-refractivity contribution is -0.127. The summed E-state index contributed by atoms with van der Waals surface area (Å²) in [6, 6.07) is -0.809. The molecule has 102 valence electrons. The molecule has 4 amide bonds. The first-order valence-corrected chi connectivity index (χ1v) is 6.03. The molecular weight excluding hydrogens is 258 g/mol. The van der Waals surface area contributed by atoms with Gasteiger partial charge in [0.2, 0.25) is 11.8 Å². The Balaban J connectivity index is 4.06. The number of urea groups is 1. The predicted octanol–water partition coefficient (Wildman–Crippen LogP) is 0.605. The number of rotatable bonds is 7. The van der Waals surface area contributed by atoms with Crippen molar-refractivity contribution in [2.45, 2.75) is 19.8 Å². The Morgan fingerprint density at radius 1 is 1.39 bits per heavy atom. The molecule has 0 fully saturated rings. The highest BCUT2D eigenvalue weighted by Crippen LogP contribution is 1.98. The third-order valence-corrected chi connectivity index (χ3v) is 2.30. The largest absolute Gasteiger partial charge is 0.352 e. The first-order valence-electron chi connectivity index (χ1n) is 5.49. The molecule has 18 heavy (non-hydrogen) atoms. The van der Waals surface area contributed by atoms with Crippen molar-refractivity contribution in [1.82, 2.24) is 10.2 Å². The van der Waals surface area contributed by atoms with Gasteiger partial charge in [0.05, 0.1) is 0 Å². The van der Waals surface area contributed by atoms with Gasteiger partial charge < -0.3 is 11.1 Å². The summed E-state index contributed by atoms with van der Waals surface area (Å²) in [7, 11) is 0. The van der Waals surface area contributed by atoms with Gasteiger partial charge in [0, 0.05) is 31.0 Å². The van der Waals surface area contributed by atoms with Gasteiger partial charge in [-0.3, -0.25) is 14.5 Å². The van der Waals surface area contributed by atoms with E-state index in [1.807, 2.05) is 0 Å². The molecule has 0 aromatic heterocycles. The van der Waals surface area contributed by atoms with E-state index in [1.165, 1.54) is 0 Å². The van der Waals surface area contributed by atoms with Crippen molar-refractivity contribution in [3.05, 3.63) is 12.2 Å². The van der Waals surface area contributed by atoms with Crippen LogP contribution in [0.5, 0.6) is 0 Å². The van der Waals surface area contributed by atoms with Crippen LogP contribution < -0.4 is 11.1 Å². The highest BCUT2D eigenvalue weighted by molar-refractivity contribution is 6.19. The minimum Gasteiger partial charge on any atom is -0.352 e. The number of carbonyl (C=O) groups is 3. The molecule has 0 bridgehead atoms. The van der Waals surface area contributed by atoms with Crippen molar-refractivity contribution in [2.24, 2.45) is 5.73 Å². The molecule has 0 unspecified atom stereocenters. The summed E-state index contributed by atoms with van der Waals surface area (Å²) in [5, 5.41) is 2.59. The average Bonchev–Trinajstić information content (AvgIpc) is 2.27. The van der Waals surface area contributed by atoms with Crippen LogP contribution in [0, 0.1) is 0 Å². The van der Waals surface area contributed by atoms with E-state index in [0.29, 0.717) is 18.5 Å². The first kappa shape index (κ1) is 16.4. The molecule has 0 radical (unpaired) electrons. The van der Waals surface area contributed by atoms with E-state index in [9.17, 15) is 14.4 Å². The molecule has 0 saturated heterocycles. The van der Waals surface area contributed by atoms with Crippen molar-refractivity contribution < 1.29 is 14.4 Å². The fourth-order valence-electron chi connectivity index (χ4n) is 1.16. The smallest absolute Gasteiger partial charge is 0.321 e. The first-order chi connectivity index (χ1) is 8.40. The maximum Gasteiger partial charge on any atom is 0.321 e. The molecule has 0 aliphatic rings. The Morgan fingerprint density at radius 2 is 2.00 bits per heavy atom. The van der Waals surface area contributed by atoms with Gasteiger partial charge >= 0.3 is 6.03 Å². The molecule has 0 aromatic rings. The van der Waals surface area contributed by atoms with Crippen molar-refractivity contribution in [1.29, 1.82) is 0 Å². The lowest BCUT2D eigenvalue weighted by atomic mass is 10.3. The van der Waals surface area contributed by atoms with Crippen LogP contribution >= 0.6 is 11.6 Å². The number of imide groups is 1. The summed E-state index contributed by atoms with van der Waals surface area (Å²) in [6.07, 6.45) is 0.485. The zero-order chi connectivity index (χ0) is 14.1. The number of alkyl halides is 1. The number of hydrogen-bond acceptors (Lipinski definition) is 3. The minimum absolute atomic E-state index is 0.0582. The molecule has 6 nitrogen and oxygen atoms in total. The molecule has 0 aromatic carbocycles. The normalized spacial score (nSPS) is 9.67. The van der Waals surface area contributed by atoms with Crippen LogP contribution in [-0.2, 0) is 9.59 Å². The Bertz CT molecular complexity index is 344. The number of nitrogens with two attached hydrogens (primary N) is 1. The SMILES string of the molecule is C=C(C)C(=O)NCCCN(C(N)=O)C(=O)CCCl. The fourth-order valence-corrected chi connectivity index (χ4v) is 1.33. The number of carbonyl (C=O) groups excluding carboxylic acids is 3. The highest BCUT2D eigenvalue weighted by atomic mass is 35.5. The summed E-state index contributed by atoms with van der Waals surface area (Å²) < 4.78 is 0. The summed E-state index contributed by atoms with van der Waals surface area (Å²) in [6.45, 7) is 5.57. The van der Waals surface area contributed by atoms with Crippen LogP contribution in [0.4, 0.5) is 4.79 Å². The molecule has 0 aliphatic carbocycles. The average molecular weight is 276 g/mol. The maximum atomic E-state index is 11.5. The summed E-state index contributed by atoms with van der Waals surface area (Å²) >= 11 is 5.42. The molecule has 0 heterocycles. The predicted molar refractivity (Wildman–Crippen MR) is 69.1 cm³/mol. The third-order valence-electron chi connectivity index (χ3n) is 2.11. The second-order valence-electron chi connectivity index (χ2n) is 3.71. The van der Waals surface area contributed by atoms with Crippen LogP contribution in [0.25, 0.3) is 0 Å². The van der Waals surface area contributed by atoms with Crippen LogP contribution in [0.1, 0.15) is 19.8 Å². The van der Waals surface area contributed by atoms with Crippen molar-refractivity contribution in [3.63, 3.8) is 0 Å². The maximum absolute atomic E-state index is 11.5. The second-order valence-corrected chi connectivity index (χ2v) is 4.09. The quantitative estimate of drug-likeness (QED) is 0.405. The molecule has 0 atom stereocenters. The molecule has 7 heteroatoms. The van der Waals surface area contributed by atoms with E-state index in [-0.39, 0.29) is 24.8 Å². The van der Waals surface area contributed by atoms with Crippen molar-refractivity contribution >= 4 is 29.4 Å². The molecular formula is C11H18ClN3O3. The number of amides is 4. The van der Waals surface area contributed by atoms with Gasteiger partial charge in [-0.25, -0.2) is 4.79 Å². The third kappa shape index (κ3) is 6.24. The Hall–Kier alpha value is -1.56. The van der Waals surface area contributed by atoms with Crippen molar-refractivity contribution in [3.8, 4) is 0 Å². The standard InChI is InChI=1S/C11H18ClN3O3/c1-8(2)10(17)14-6-3-7-15(11(13)18)9(16)4-5-12/h1,3-7H2,2H3,(H2,13,18)(H,14,17). The number of nitrogens with one attached hydrogen (secondary N) is 1. The van der Waals surface area contributed by atoms with E-state index in [2.05, 4.69) is 11.9 Å². The molecule has 0 rings (SSSR count). The van der Waals surface area contributed by atoms with Gasteiger partial charge in [0.25, 0.3) is 0 Å². The number of hydrogen-bond donors (Lipinski definition) is 2. The molecule has 3 N–H and O–H groups in total. The van der Waals surface area contributed by atoms with Crippen LogP contribution in [-0.4, -0.2) is 41.7 Å². The Morgan fingerprint density at radius 3 is 2.44 bits per heavy atom. The summed E-state index contributed by atoms with van der Waals surface area (Å²) in [4.78, 5) is 34.6. The van der Waals surface area contributed by atoms with Gasteiger partial charge in [-0.2, -0.15) is 0 Å². The van der Waals surface area contributed by atoms with Gasteiger partial charge in [-0.15, -0.1) is 11.6 Å². The van der Waals surface area contributed by atoms with Gasteiger partial charge in [-0.05, 0) is 13.3 Å². The lowest BCUT2D eigenvalue weighted by Crippen LogP contribution is -2.42. The second kappa shape index (κ2) is 8.52. The van der Waals surface area contributed by atoms with Crippen LogP contribution in [0.15, 0.2) is 12.2 Å². The Kier molecular flexibility index (Phi) is 7.78. The van der Waals surface area contributed by atoms with Crippen molar-refractivity contribution in [2.75, 3.05) is 19.0 Å². The van der Waals surface area contributed by atoms with E-state index < -0.39 is 11.9 Å². The van der Waals surface area contributed by atoms with E-state index in [4.69, 9.17) is 17.3 Å².